The van der Waals surface area contributed by atoms with Gasteiger partial charge in [-0.25, -0.2) is 4.98 Å². The Morgan fingerprint density at radius 2 is 1.55 bits per heavy atom. The fraction of sp³-hybridized carbons (Fsp3) is 0.120. The maximum atomic E-state index is 13.1. The molecule has 4 nitrogen and oxygen atoms in total. The Hall–Kier alpha value is -3.66. The van der Waals surface area contributed by atoms with E-state index in [0.717, 1.165) is 34.5 Å². The number of pyridine rings is 1. The summed E-state index contributed by atoms with van der Waals surface area (Å²) in [4.78, 5) is 21.4. The largest absolute Gasteiger partial charge is 0.327 e. The predicted octanol–water partition coefficient (Wildman–Crippen LogP) is 5.67. The Morgan fingerprint density at radius 1 is 0.828 bits per heavy atom. The van der Waals surface area contributed by atoms with E-state index in [0.29, 0.717) is 5.56 Å². The monoisotopic (exact) mass is 381 g/mol. The van der Waals surface area contributed by atoms with Crippen LogP contribution < -0.4 is 9.80 Å². The maximum absolute atomic E-state index is 13.1. The number of nitrogens with zero attached hydrogens (tertiary/aromatic N) is 3. The van der Waals surface area contributed by atoms with Crippen molar-refractivity contribution < 1.29 is 4.79 Å². The molecule has 0 saturated carbocycles. The lowest BCUT2D eigenvalue weighted by atomic mass is 10.1. The Morgan fingerprint density at radius 3 is 2.31 bits per heavy atom. The fourth-order valence-corrected chi connectivity index (χ4v) is 3.48. The van der Waals surface area contributed by atoms with Gasteiger partial charge in [0.05, 0.1) is 0 Å². The Bertz CT molecular complexity index is 1140. The van der Waals surface area contributed by atoms with Gasteiger partial charge in [0, 0.05) is 42.8 Å². The lowest BCUT2D eigenvalue weighted by molar-refractivity contribution is 0.0993. The molecule has 0 aliphatic rings. The van der Waals surface area contributed by atoms with Crippen molar-refractivity contribution in [2.24, 2.45) is 0 Å². The first kappa shape index (κ1) is 18.7. The predicted molar refractivity (Wildman–Crippen MR) is 120 cm³/mol. The van der Waals surface area contributed by atoms with Crippen LogP contribution in [0.2, 0.25) is 0 Å². The van der Waals surface area contributed by atoms with E-state index in [1.807, 2.05) is 72.8 Å². The molecule has 0 aliphatic heterocycles. The summed E-state index contributed by atoms with van der Waals surface area (Å²) < 4.78 is 0. The summed E-state index contributed by atoms with van der Waals surface area (Å²) >= 11 is 0. The Balaban J connectivity index is 1.63. The van der Waals surface area contributed by atoms with Gasteiger partial charge in [0.25, 0.3) is 5.91 Å². The molecule has 0 unspecified atom stereocenters. The van der Waals surface area contributed by atoms with Crippen molar-refractivity contribution in [3.05, 3.63) is 96.7 Å². The van der Waals surface area contributed by atoms with Gasteiger partial charge < -0.3 is 9.80 Å². The number of carbonyl (C=O) groups excluding carboxylic acids is 1. The van der Waals surface area contributed by atoms with E-state index in [1.165, 1.54) is 0 Å². The summed E-state index contributed by atoms with van der Waals surface area (Å²) in [6, 6.07) is 27.8. The highest BCUT2D eigenvalue weighted by Gasteiger charge is 2.16. The highest BCUT2D eigenvalue weighted by molar-refractivity contribution is 6.07. The highest BCUT2D eigenvalue weighted by atomic mass is 16.2. The highest BCUT2D eigenvalue weighted by Crippen LogP contribution is 2.27. The maximum Gasteiger partial charge on any atom is 0.258 e. The molecular weight excluding hydrogens is 358 g/mol. The number of hydrogen-bond donors (Lipinski definition) is 0. The van der Waals surface area contributed by atoms with Crippen LogP contribution in [0.15, 0.2) is 91.1 Å². The number of anilines is 3. The first-order valence-electron chi connectivity index (χ1n) is 9.73. The first-order valence-corrected chi connectivity index (χ1v) is 9.73. The van der Waals surface area contributed by atoms with Crippen LogP contribution in [0, 0.1) is 0 Å². The summed E-state index contributed by atoms with van der Waals surface area (Å²) in [5, 5.41) is 2.18. The molecule has 0 spiro atoms. The lowest BCUT2D eigenvalue weighted by Crippen LogP contribution is -2.26. The number of hydrogen-bond acceptors (Lipinski definition) is 3. The van der Waals surface area contributed by atoms with E-state index in [4.69, 9.17) is 0 Å². The third kappa shape index (κ3) is 3.83. The van der Waals surface area contributed by atoms with Gasteiger partial charge in [-0.15, -0.1) is 0 Å². The van der Waals surface area contributed by atoms with Crippen LogP contribution in [0.5, 0.6) is 0 Å². The van der Waals surface area contributed by atoms with Crippen LogP contribution in [0.3, 0.4) is 0 Å². The molecule has 0 bridgehead atoms. The van der Waals surface area contributed by atoms with E-state index in [9.17, 15) is 4.79 Å². The van der Waals surface area contributed by atoms with E-state index < -0.39 is 0 Å². The molecule has 1 heterocycles. The van der Waals surface area contributed by atoms with Crippen LogP contribution in [0.4, 0.5) is 17.2 Å². The van der Waals surface area contributed by atoms with Crippen LogP contribution in [-0.4, -0.2) is 24.5 Å². The van der Waals surface area contributed by atoms with Crippen molar-refractivity contribution in [1.29, 1.82) is 0 Å². The molecular formula is C25H23N3O. The zero-order valence-electron chi connectivity index (χ0n) is 16.6. The van der Waals surface area contributed by atoms with Gasteiger partial charge in [0.15, 0.2) is 0 Å². The minimum absolute atomic E-state index is 0.0457. The summed E-state index contributed by atoms with van der Waals surface area (Å²) in [6.45, 7) is 2.87. The number of amides is 1. The molecule has 3 aromatic carbocycles. The van der Waals surface area contributed by atoms with E-state index in [1.54, 1.807) is 18.1 Å². The van der Waals surface area contributed by atoms with Gasteiger partial charge >= 0.3 is 0 Å². The van der Waals surface area contributed by atoms with Crippen LogP contribution in [0.1, 0.15) is 17.3 Å². The molecule has 4 heteroatoms. The van der Waals surface area contributed by atoms with Gasteiger partial charge in [0.1, 0.15) is 5.82 Å². The number of rotatable bonds is 5. The van der Waals surface area contributed by atoms with Crippen LogP contribution >= 0.6 is 0 Å². The molecule has 0 atom stereocenters. The van der Waals surface area contributed by atoms with Crippen LogP contribution in [0.25, 0.3) is 10.8 Å². The number of carbonyl (C=O) groups is 1. The number of benzene rings is 3. The molecule has 0 fully saturated rings. The molecule has 0 radical (unpaired) electrons. The first-order chi connectivity index (χ1) is 14.2. The topological polar surface area (TPSA) is 36.4 Å². The van der Waals surface area contributed by atoms with Crippen LogP contribution in [-0.2, 0) is 0 Å². The molecule has 4 aromatic rings. The molecule has 0 N–H and O–H groups in total. The van der Waals surface area contributed by atoms with Crippen molar-refractivity contribution in [2.75, 3.05) is 23.4 Å². The normalized spacial score (nSPS) is 10.7. The van der Waals surface area contributed by atoms with Gasteiger partial charge in [0.2, 0.25) is 0 Å². The molecule has 29 heavy (non-hydrogen) atoms. The second-order valence-electron chi connectivity index (χ2n) is 6.88. The molecule has 1 amide bonds. The Labute approximate surface area is 171 Å². The smallest absolute Gasteiger partial charge is 0.258 e. The third-order valence-electron chi connectivity index (χ3n) is 5.08. The van der Waals surface area contributed by atoms with Crippen molar-refractivity contribution in [3.8, 4) is 0 Å². The molecule has 0 aliphatic carbocycles. The minimum Gasteiger partial charge on any atom is -0.327 e. The van der Waals surface area contributed by atoms with Crippen molar-refractivity contribution >= 4 is 33.9 Å². The average Bonchev–Trinajstić information content (AvgIpc) is 2.79. The molecule has 4 rings (SSSR count). The summed E-state index contributed by atoms with van der Waals surface area (Å²) in [6.07, 6.45) is 1.75. The SMILES string of the molecule is CCN(c1ccccc1)c1cc(N(C)C(=O)c2ccc3ccccc3c2)ccn1. The molecule has 0 saturated heterocycles. The Kier molecular flexibility index (Phi) is 5.25. The lowest BCUT2D eigenvalue weighted by Gasteiger charge is -2.24. The number of fused-ring (bicyclic) bond motifs is 1. The van der Waals surface area contributed by atoms with Gasteiger partial charge in [-0.3, -0.25) is 4.79 Å². The zero-order chi connectivity index (χ0) is 20.2. The third-order valence-corrected chi connectivity index (χ3v) is 5.08. The second-order valence-corrected chi connectivity index (χ2v) is 6.88. The number of aromatic nitrogens is 1. The zero-order valence-corrected chi connectivity index (χ0v) is 16.6. The van der Waals surface area contributed by atoms with Gasteiger partial charge in [-0.2, -0.15) is 0 Å². The fourth-order valence-electron chi connectivity index (χ4n) is 3.48. The molecule has 1 aromatic heterocycles. The summed E-state index contributed by atoms with van der Waals surface area (Å²) in [5.74, 6) is 0.769. The van der Waals surface area contributed by atoms with E-state index in [2.05, 4.69) is 28.9 Å². The van der Waals surface area contributed by atoms with Crippen molar-refractivity contribution in [3.63, 3.8) is 0 Å². The summed E-state index contributed by atoms with van der Waals surface area (Å²) in [7, 11) is 1.80. The minimum atomic E-state index is -0.0457. The standard InChI is InChI=1S/C25H23N3O/c1-3-28(22-11-5-4-6-12-22)24-18-23(15-16-26-24)27(2)25(29)21-14-13-19-9-7-8-10-20(19)17-21/h4-18H,3H2,1-2H3. The second kappa shape index (κ2) is 8.15. The van der Waals surface area contributed by atoms with E-state index >= 15 is 0 Å². The average molecular weight is 381 g/mol. The molecule has 144 valence electrons. The van der Waals surface area contributed by atoms with Crippen molar-refractivity contribution in [1.82, 2.24) is 4.98 Å². The van der Waals surface area contributed by atoms with E-state index in [-0.39, 0.29) is 5.91 Å². The quantitative estimate of drug-likeness (QED) is 0.447. The number of para-hydroxylation sites is 1. The van der Waals surface area contributed by atoms with Gasteiger partial charge in [-0.1, -0.05) is 48.5 Å². The summed E-state index contributed by atoms with van der Waals surface area (Å²) in [5.41, 5.74) is 2.55. The van der Waals surface area contributed by atoms with Crippen molar-refractivity contribution in [2.45, 2.75) is 6.92 Å². The van der Waals surface area contributed by atoms with Gasteiger partial charge in [-0.05, 0) is 48.0 Å².